The second-order valence-electron chi connectivity index (χ2n) is 5.66. The standard InChI is InChI=1S/C17H21ClN2O4S2/c1-12-5-3-6-13(2)17(12)24-10-4-9-19-15(21)11-20-26(22,23)16-8-7-14(18)25-16/h3,5-8,20H,4,9-11H2,1-2H3,(H,19,21). The van der Waals surface area contributed by atoms with E-state index in [4.69, 9.17) is 16.3 Å². The normalized spacial score (nSPS) is 11.3. The summed E-state index contributed by atoms with van der Waals surface area (Å²) in [5.74, 6) is 0.462. The van der Waals surface area contributed by atoms with Crippen LogP contribution in [-0.4, -0.2) is 34.0 Å². The molecule has 0 bridgehead atoms. The molecule has 2 rings (SSSR count). The fraction of sp³-hybridized carbons (Fsp3) is 0.353. The molecule has 6 nitrogen and oxygen atoms in total. The maximum Gasteiger partial charge on any atom is 0.250 e. The predicted molar refractivity (Wildman–Crippen MR) is 104 cm³/mol. The van der Waals surface area contributed by atoms with Crippen molar-refractivity contribution in [3.63, 3.8) is 0 Å². The van der Waals surface area contributed by atoms with E-state index >= 15 is 0 Å². The van der Waals surface area contributed by atoms with Crippen LogP contribution in [0.1, 0.15) is 17.5 Å². The topological polar surface area (TPSA) is 84.5 Å². The number of amides is 1. The number of carbonyl (C=O) groups is 1. The molecule has 0 saturated heterocycles. The summed E-state index contributed by atoms with van der Waals surface area (Å²) in [5.41, 5.74) is 2.13. The Labute approximate surface area is 162 Å². The Bertz CT molecular complexity index is 845. The molecule has 0 radical (unpaired) electrons. The number of thiophene rings is 1. The van der Waals surface area contributed by atoms with Crippen molar-refractivity contribution in [2.75, 3.05) is 19.7 Å². The first-order valence-corrected chi connectivity index (χ1v) is 10.7. The highest BCUT2D eigenvalue weighted by Crippen LogP contribution is 2.25. The van der Waals surface area contributed by atoms with Crippen LogP contribution in [0.25, 0.3) is 0 Å². The van der Waals surface area contributed by atoms with E-state index < -0.39 is 15.9 Å². The van der Waals surface area contributed by atoms with Crippen LogP contribution in [0, 0.1) is 13.8 Å². The van der Waals surface area contributed by atoms with E-state index in [-0.39, 0.29) is 10.8 Å². The monoisotopic (exact) mass is 416 g/mol. The number of carbonyl (C=O) groups excluding carboxylic acids is 1. The number of halogens is 1. The highest BCUT2D eigenvalue weighted by atomic mass is 35.5. The summed E-state index contributed by atoms with van der Waals surface area (Å²) < 4.78 is 32.4. The molecule has 1 heterocycles. The summed E-state index contributed by atoms with van der Waals surface area (Å²) in [4.78, 5) is 11.8. The number of hydrogen-bond acceptors (Lipinski definition) is 5. The number of ether oxygens (including phenoxy) is 1. The highest BCUT2D eigenvalue weighted by Gasteiger charge is 2.17. The molecular weight excluding hydrogens is 396 g/mol. The van der Waals surface area contributed by atoms with Crippen LogP contribution in [0.3, 0.4) is 0 Å². The van der Waals surface area contributed by atoms with E-state index in [0.29, 0.717) is 23.9 Å². The largest absolute Gasteiger partial charge is 0.493 e. The Morgan fingerprint density at radius 1 is 1.19 bits per heavy atom. The molecule has 9 heteroatoms. The van der Waals surface area contributed by atoms with Crippen molar-refractivity contribution in [1.29, 1.82) is 0 Å². The van der Waals surface area contributed by atoms with Gasteiger partial charge in [-0.25, -0.2) is 13.1 Å². The second kappa shape index (κ2) is 9.36. The van der Waals surface area contributed by atoms with E-state index in [2.05, 4.69) is 10.0 Å². The van der Waals surface area contributed by atoms with Gasteiger partial charge in [-0.2, -0.15) is 0 Å². The molecule has 2 N–H and O–H groups in total. The summed E-state index contributed by atoms with van der Waals surface area (Å²) in [6.07, 6.45) is 0.618. The van der Waals surface area contributed by atoms with Gasteiger partial charge in [0.15, 0.2) is 0 Å². The van der Waals surface area contributed by atoms with Gasteiger partial charge >= 0.3 is 0 Å². The summed E-state index contributed by atoms with van der Waals surface area (Å²) in [5, 5.41) is 2.66. The Morgan fingerprint density at radius 3 is 2.50 bits per heavy atom. The molecule has 0 aliphatic carbocycles. The first-order chi connectivity index (χ1) is 12.3. The molecule has 0 aliphatic heterocycles. The zero-order valence-electron chi connectivity index (χ0n) is 14.5. The summed E-state index contributed by atoms with van der Waals surface area (Å²) in [6, 6.07) is 8.84. The Kier molecular flexibility index (Phi) is 7.45. The Balaban J connectivity index is 1.68. The molecule has 2 aromatic rings. The van der Waals surface area contributed by atoms with Crippen LogP contribution in [0.4, 0.5) is 0 Å². The molecule has 142 valence electrons. The summed E-state index contributed by atoms with van der Waals surface area (Å²) in [6.45, 7) is 4.51. The highest BCUT2D eigenvalue weighted by molar-refractivity contribution is 7.91. The van der Waals surface area contributed by atoms with Gasteiger partial charge in [0.1, 0.15) is 9.96 Å². The zero-order valence-corrected chi connectivity index (χ0v) is 16.9. The van der Waals surface area contributed by atoms with Crippen molar-refractivity contribution < 1.29 is 17.9 Å². The van der Waals surface area contributed by atoms with Gasteiger partial charge in [-0.3, -0.25) is 4.79 Å². The van der Waals surface area contributed by atoms with Crippen molar-refractivity contribution in [2.24, 2.45) is 0 Å². The van der Waals surface area contributed by atoms with Gasteiger partial charge in [-0.15, -0.1) is 11.3 Å². The molecule has 1 aromatic carbocycles. The minimum atomic E-state index is -3.72. The number of sulfonamides is 1. The molecule has 0 spiro atoms. The SMILES string of the molecule is Cc1cccc(C)c1OCCCNC(=O)CNS(=O)(=O)c1ccc(Cl)s1. The van der Waals surface area contributed by atoms with Crippen molar-refractivity contribution in [2.45, 2.75) is 24.5 Å². The van der Waals surface area contributed by atoms with E-state index in [1.807, 2.05) is 32.0 Å². The first-order valence-electron chi connectivity index (χ1n) is 8.00. The average molecular weight is 417 g/mol. The lowest BCUT2D eigenvalue weighted by Crippen LogP contribution is -2.37. The smallest absolute Gasteiger partial charge is 0.250 e. The lowest BCUT2D eigenvalue weighted by atomic mass is 10.1. The molecule has 1 amide bonds. The number of hydrogen-bond donors (Lipinski definition) is 2. The van der Waals surface area contributed by atoms with E-state index in [1.54, 1.807) is 0 Å². The fourth-order valence-electron chi connectivity index (χ4n) is 2.24. The van der Waals surface area contributed by atoms with E-state index in [9.17, 15) is 13.2 Å². The minimum Gasteiger partial charge on any atom is -0.493 e. The number of nitrogens with one attached hydrogen (secondary N) is 2. The average Bonchev–Trinajstić information content (AvgIpc) is 3.02. The summed E-state index contributed by atoms with van der Waals surface area (Å²) in [7, 11) is -3.72. The van der Waals surface area contributed by atoms with Gasteiger partial charge in [0.2, 0.25) is 5.91 Å². The van der Waals surface area contributed by atoms with Crippen LogP contribution in [0.5, 0.6) is 5.75 Å². The quantitative estimate of drug-likeness (QED) is 0.615. The molecule has 0 unspecified atom stereocenters. The van der Waals surface area contributed by atoms with Gasteiger partial charge in [0, 0.05) is 6.54 Å². The first kappa shape index (κ1) is 20.7. The molecule has 0 fully saturated rings. The maximum atomic E-state index is 12.0. The number of para-hydroxylation sites is 1. The minimum absolute atomic E-state index is 0.0808. The van der Waals surface area contributed by atoms with Crippen LogP contribution in [-0.2, 0) is 14.8 Å². The molecular formula is C17H21ClN2O4S2. The molecule has 0 atom stereocenters. The van der Waals surface area contributed by atoms with Gasteiger partial charge in [-0.1, -0.05) is 29.8 Å². The fourth-order valence-corrected chi connectivity index (χ4v) is 4.75. The Morgan fingerprint density at radius 2 is 1.88 bits per heavy atom. The van der Waals surface area contributed by atoms with Crippen molar-refractivity contribution in [3.8, 4) is 5.75 Å². The molecule has 0 saturated carbocycles. The lowest BCUT2D eigenvalue weighted by molar-refractivity contribution is -0.119. The van der Waals surface area contributed by atoms with Crippen LogP contribution in [0.2, 0.25) is 4.34 Å². The lowest BCUT2D eigenvalue weighted by Gasteiger charge is -2.12. The number of aryl methyl sites for hydroxylation is 2. The van der Waals surface area contributed by atoms with Crippen LogP contribution < -0.4 is 14.8 Å². The maximum absolute atomic E-state index is 12.0. The van der Waals surface area contributed by atoms with Crippen molar-refractivity contribution in [1.82, 2.24) is 10.0 Å². The third kappa shape index (κ3) is 5.98. The Hall–Kier alpha value is -1.61. The van der Waals surface area contributed by atoms with Crippen LogP contribution in [0.15, 0.2) is 34.5 Å². The number of rotatable bonds is 9. The second-order valence-corrected chi connectivity index (χ2v) is 9.36. The molecule has 26 heavy (non-hydrogen) atoms. The van der Waals surface area contributed by atoms with E-state index in [1.165, 1.54) is 12.1 Å². The van der Waals surface area contributed by atoms with Crippen molar-refractivity contribution in [3.05, 3.63) is 45.8 Å². The van der Waals surface area contributed by atoms with Gasteiger partial charge in [-0.05, 0) is 43.5 Å². The molecule has 0 aliphatic rings. The van der Waals surface area contributed by atoms with E-state index in [0.717, 1.165) is 28.2 Å². The number of benzene rings is 1. The zero-order chi connectivity index (χ0) is 19.2. The predicted octanol–water partition coefficient (Wildman–Crippen LogP) is 2.88. The van der Waals surface area contributed by atoms with Crippen LogP contribution >= 0.6 is 22.9 Å². The summed E-state index contributed by atoms with van der Waals surface area (Å²) >= 11 is 6.66. The molecule has 1 aromatic heterocycles. The third-order valence-electron chi connectivity index (χ3n) is 3.53. The third-order valence-corrected chi connectivity index (χ3v) is 6.66. The van der Waals surface area contributed by atoms with Gasteiger partial charge in [0.05, 0.1) is 17.5 Å². The van der Waals surface area contributed by atoms with Gasteiger partial charge < -0.3 is 10.1 Å². The van der Waals surface area contributed by atoms with Crippen molar-refractivity contribution >= 4 is 38.9 Å². The van der Waals surface area contributed by atoms with Gasteiger partial charge in [0.25, 0.3) is 10.0 Å².